The fraction of sp³-hybridized carbons (Fsp3) is 0.538. The monoisotopic (exact) mass is 247 g/mol. The molecule has 5 heteroatoms. The van der Waals surface area contributed by atoms with Gasteiger partial charge in [0.05, 0.1) is 6.61 Å². The molecule has 0 bridgehead atoms. The van der Waals surface area contributed by atoms with Gasteiger partial charge in [-0.15, -0.1) is 0 Å². The van der Waals surface area contributed by atoms with E-state index < -0.39 is 0 Å². The van der Waals surface area contributed by atoms with E-state index in [2.05, 4.69) is 14.5 Å². The molecule has 0 spiro atoms. The molecular formula is C13H17N3O2. The summed E-state index contributed by atoms with van der Waals surface area (Å²) < 4.78 is 13.0. The minimum atomic E-state index is 0.0803. The van der Waals surface area contributed by atoms with Crippen molar-refractivity contribution in [1.82, 2.24) is 14.5 Å². The van der Waals surface area contributed by atoms with E-state index in [1.54, 1.807) is 13.3 Å². The van der Waals surface area contributed by atoms with Crippen LogP contribution in [0, 0.1) is 0 Å². The Morgan fingerprint density at radius 2 is 2.50 bits per heavy atom. The molecule has 1 unspecified atom stereocenters. The minimum Gasteiger partial charge on any atom is -0.384 e. The lowest BCUT2D eigenvalue weighted by Gasteiger charge is -2.15. The molecule has 0 amide bonds. The van der Waals surface area contributed by atoms with Crippen molar-refractivity contribution >= 4 is 11.2 Å². The Kier molecular flexibility index (Phi) is 3.25. The van der Waals surface area contributed by atoms with Gasteiger partial charge in [-0.1, -0.05) is 0 Å². The van der Waals surface area contributed by atoms with Crippen LogP contribution in [0.5, 0.6) is 0 Å². The molecule has 0 N–H and O–H groups in total. The van der Waals surface area contributed by atoms with Crippen LogP contribution in [0.3, 0.4) is 0 Å². The first-order valence-electron chi connectivity index (χ1n) is 6.32. The highest BCUT2D eigenvalue weighted by Gasteiger charge is 2.23. The Labute approximate surface area is 106 Å². The third-order valence-corrected chi connectivity index (χ3v) is 3.25. The molecule has 3 rings (SSSR count). The third kappa shape index (κ3) is 2.00. The molecule has 3 heterocycles. The molecule has 1 aliphatic rings. The zero-order chi connectivity index (χ0) is 12.4. The number of pyridine rings is 1. The van der Waals surface area contributed by atoms with Gasteiger partial charge in [0.15, 0.2) is 5.65 Å². The van der Waals surface area contributed by atoms with Crippen LogP contribution in [0.1, 0.15) is 24.9 Å². The summed E-state index contributed by atoms with van der Waals surface area (Å²) in [5.41, 5.74) is 1.84. The summed E-state index contributed by atoms with van der Waals surface area (Å²) in [5.74, 6) is 0.998. The number of fused-ring (bicyclic) bond motifs is 1. The van der Waals surface area contributed by atoms with Gasteiger partial charge >= 0.3 is 0 Å². The maximum absolute atomic E-state index is 5.77. The summed E-state index contributed by atoms with van der Waals surface area (Å²) >= 11 is 0. The third-order valence-electron chi connectivity index (χ3n) is 3.25. The summed E-state index contributed by atoms with van der Waals surface area (Å²) in [6.45, 7) is 1.48. The summed E-state index contributed by atoms with van der Waals surface area (Å²) in [4.78, 5) is 9.07. The Morgan fingerprint density at radius 1 is 1.56 bits per heavy atom. The van der Waals surface area contributed by atoms with E-state index in [0.717, 1.165) is 42.9 Å². The number of methoxy groups -OCH3 is 1. The molecule has 0 aromatic carbocycles. The second kappa shape index (κ2) is 5.04. The second-order valence-electron chi connectivity index (χ2n) is 4.45. The largest absolute Gasteiger partial charge is 0.384 e. The zero-order valence-electron chi connectivity index (χ0n) is 10.5. The van der Waals surface area contributed by atoms with Crippen LogP contribution in [0.4, 0.5) is 0 Å². The van der Waals surface area contributed by atoms with Crippen molar-refractivity contribution in [3.8, 4) is 0 Å². The SMILES string of the molecule is COCCc1nc2cccnc2n1C1CCCO1. The average Bonchev–Trinajstić information content (AvgIpc) is 3.02. The number of ether oxygens (including phenoxy) is 2. The number of hydrogen-bond donors (Lipinski definition) is 0. The molecule has 1 atom stereocenters. The molecule has 1 saturated heterocycles. The van der Waals surface area contributed by atoms with Gasteiger partial charge in [-0.3, -0.25) is 4.57 Å². The Morgan fingerprint density at radius 3 is 3.28 bits per heavy atom. The van der Waals surface area contributed by atoms with Crippen LogP contribution in [0.2, 0.25) is 0 Å². The first-order chi connectivity index (χ1) is 8.90. The van der Waals surface area contributed by atoms with E-state index in [0.29, 0.717) is 6.61 Å². The normalized spacial score (nSPS) is 19.7. The average molecular weight is 247 g/mol. The van der Waals surface area contributed by atoms with Gasteiger partial charge < -0.3 is 9.47 Å². The van der Waals surface area contributed by atoms with Gasteiger partial charge in [0, 0.05) is 26.3 Å². The van der Waals surface area contributed by atoms with Crippen molar-refractivity contribution in [1.29, 1.82) is 0 Å². The van der Waals surface area contributed by atoms with Gasteiger partial charge in [0.2, 0.25) is 0 Å². The van der Waals surface area contributed by atoms with E-state index in [4.69, 9.17) is 9.47 Å². The van der Waals surface area contributed by atoms with E-state index >= 15 is 0 Å². The van der Waals surface area contributed by atoms with E-state index in [1.807, 2.05) is 12.1 Å². The van der Waals surface area contributed by atoms with Crippen LogP contribution in [0.25, 0.3) is 11.2 Å². The Balaban J connectivity index is 2.05. The van der Waals surface area contributed by atoms with Gasteiger partial charge in [0.25, 0.3) is 0 Å². The topological polar surface area (TPSA) is 49.2 Å². The lowest BCUT2D eigenvalue weighted by Crippen LogP contribution is -2.13. The Bertz CT molecular complexity index is 532. The maximum Gasteiger partial charge on any atom is 0.162 e. The van der Waals surface area contributed by atoms with Crippen molar-refractivity contribution in [2.45, 2.75) is 25.5 Å². The lowest BCUT2D eigenvalue weighted by molar-refractivity contribution is 0.0562. The fourth-order valence-electron chi connectivity index (χ4n) is 2.41. The highest BCUT2D eigenvalue weighted by molar-refractivity contribution is 5.71. The number of rotatable bonds is 4. The summed E-state index contributed by atoms with van der Waals surface area (Å²) in [5, 5.41) is 0. The summed E-state index contributed by atoms with van der Waals surface area (Å²) in [6, 6.07) is 3.90. The fourth-order valence-corrected chi connectivity index (χ4v) is 2.41. The molecule has 0 radical (unpaired) electrons. The predicted molar refractivity (Wildman–Crippen MR) is 67.3 cm³/mol. The first-order valence-corrected chi connectivity index (χ1v) is 6.32. The molecule has 2 aromatic heterocycles. The van der Waals surface area contributed by atoms with Crippen LogP contribution in [0.15, 0.2) is 18.3 Å². The van der Waals surface area contributed by atoms with Crippen LogP contribution in [-0.4, -0.2) is 34.9 Å². The van der Waals surface area contributed by atoms with Gasteiger partial charge in [-0.05, 0) is 25.0 Å². The standard InChI is InChI=1S/C13H17N3O2/c1-17-9-6-11-15-10-4-2-7-14-13(10)16(11)12-5-3-8-18-12/h2,4,7,12H,3,5-6,8-9H2,1H3. The summed E-state index contributed by atoms with van der Waals surface area (Å²) in [6.07, 6.45) is 4.79. The quantitative estimate of drug-likeness (QED) is 0.828. The highest BCUT2D eigenvalue weighted by atomic mass is 16.5. The first kappa shape index (κ1) is 11.6. The predicted octanol–water partition coefficient (Wildman–Crippen LogP) is 1.93. The van der Waals surface area contributed by atoms with Crippen LogP contribution < -0.4 is 0 Å². The molecule has 96 valence electrons. The van der Waals surface area contributed by atoms with E-state index in [1.165, 1.54) is 0 Å². The molecule has 1 fully saturated rings. The number of imidazole rings is 1. The highest BCUT2D eigenvalue weighted by Crippen LogP contribution is 2.28. The van der Waals surface area contributed by atoms with Crippen LogP contribution in [-0.2, 0) is 15.9 Å². The lowest BCUT2D eigenvalue weighted by atomic mass is 10.3. The molecule has 5 nitrogen and oxygen atoms in total. The van der Waals surface area contributed by atoms with Crippen molar-refractivity contribution in [2.24, 2.45) is 0 Å². The number of nitrogens with zero attached hydrogens (tertiary/aromatic N) is 3. The summed E-state index contributed by atoms with van der Waals surface area (Å²) in [7, 11) is 1.71. The van der Waals surface area contributed by atoms with Crippen molar-refractivity contribution in [3.05, 3.63) is 24.2 Å². The molecular weight excluding hydrogens is 230 g/mol. The van der Waals surface area contributed by atoms with E-state index in [9.17, 15) is 0 Å². The number of aromatic nitrogens is 3. The second-order valence-corrected chi connectivity index (χ2v) is 4.45. The molecule has 0 aliphatic carbocycles. The van der Waals surface area contributed by atoms with Crippen molar-refractivity contribution in [3.63, 3.8) is 0 Å². The maximum atomic E-state index is 5.77. The van der Waals surface area contributed by atoms with Crippen molar-refractivity contribution in [2.75, 3.05) is 20.3 Å². The minimum absolute atomic E-state index is 0.0803. The number of hydrogen-bond acceptors (Lipinski definition) is 4. The molecule has 2 aromatic rings. The van der Waals surface area contributed by atoms with Crippen LogP contribution >= 0.6 is 0 Å². The van der Waals surface area contributed by atoms with Gasteiger partial charge in [-0.2, -0.15) is 0 Å². The molecule has 1 aliphatic heterocycles. The van der Waals surface area contributed by atoms with Gasteiger partial charge in [-0.25, -0.2) is 9.97 Å². The Hall–Kier alpha value is -1.46. The molecule has 18 heavy (non-hydrogen) atoms. The van der Waals surface area contributed by atoms with Gasteiger partial charge in [0.1, 0.15) is 17.6 Å². The van der Waals surface area contributed by atoms with E-state index in [-0.39, 0.29) is 6.23 Å². The van der Waals surface area contributed by atoms with Crippen molar-refractivity contribution < 1.29 is 9.47 Å². The molecule has 0 saturated carbocycles. The smallest absolute Gasteiger partial charge is 0.162 e. The zero-order valence-corrected chi connectivity index (χ0v) is 10.5.